The van der Waals surface area contributed by atoms with Crippen LogP contribution >= 0.6 is 0 Å². The molecule has 0 radical (unpaired) electrons. The van der Waals surface area contributed by atoms with E-state index in [9.17, 15) is 18.0 Å². The average molecular weight is 303 g/mol. The maximum Gasteiger partial charge on any atom is 0.303 e. The van der Waals surface area contributed by atoms with Gasteiger partial charge in [-0.15, -0.1) is 0 Å². The van der Waals surface area contributed by atoms with Gasteiger partial charge in [-0.1, -0.05) is 12.8 Å². The molecule has 6 nitrogen and oxygen atoms in total. The molecule has 1 aliphatic heterocycles. The van der Waals surface area contributed by atoms with Crippen LogP contribution in [0.15, 0.2) is 0 Å². The van der Waals surface area contributed by atoms with E-state index in [0.717, 1.165) is 25.7 Å². The van der Waals surface area contributed by atoms with Crippen molar-refractivity contribution >= 4 is 21.7 Å². The summed E-state index contributed by atoms with van der Waals surface area (Å²) in [5.41, 5.74) is -0.375. The maximum absolute atomic E-state index is 12.0. The smallest absolute Gasteiger partial charge is 0.303 e. The third-order valence-corrected chi connectivity index (χ3v) is 6.62. The second-order valence-electron chi connectivity index (χ2n) is 5.99. The number of aliphatic carboxylic acids is 1. The van der Waals surface area contributed by atoms with Gasteiger partial charge in [-0.2, -0.15) is 0 Å². The highest BCUT2D eigenvalue weighted by atomic mass is 32.2. The summed E-state index contributed by atoms with van der Waals surface area (Å²) in [5, 5.41) is 10.6. The summed E-state index contributed by atoms with van der Waals surface area (Å²) in [5.74, 6) is -1.25. The van der Waals surface area contributed by atoms with Crippen LogP contribution in [0.1, 0.15) is 44.9 Å². The Kier molecular flexibility index (Phi) is 4.36. The topological polar surface area (TPSA) is 101 Å². The van der Waals surface area contributed by atoms with Gasteiger partial charge >= 0.3 is 5.97 Å². The average Bonchev–Trinajstić information content (AvgIpc) is 2.31. The van der Waals surface area contributed by atoms with E-state index in [2.05, 4.69) is 5.32 Å². The Morgan fingerprint density at radius 3 is 2.40 bits per heavy atom. The predicted octanol–water partition coefficient (Wildman–Crippen LogP) is 0.715. The number of carboxylic acid groups (broad SMARTS) is 1. The van der Waals surface area contributed by atoms with Crippen molar-refractivity contribution in [2.24, 2.45) is 5.41 Å². The fourth-order valence-electron chi connectivity index (χ4n) is 3.05. The molecule has 7 heteroatoms. The number of carbonyl (C=O) groups is 2. The van der Waals surface area contributed by atoms with Crippen LogP contribution < -0.4 is 5.32 Å². The highest BCUT2D eigenvalue weighted by molar-refractivity contribution is 7.92. The quantitative estimate of drug-likeness (QED) is 0.779. The molecule has 2 fully saturated rings. The first kappa shape index (κ1) is 15.3. The third kappa shape index (κ3) is 3.31. The highest BCUT2D eigenvalue weighted by Gasteiger charge is 2.41. The number of hydrogen-bond acceptors (Lipinski definition) is 4. The molecule has 0 spiro atoms. The van der Waals surface area contributed by atoms with Gasteiger partial charge in [0.15, 0.2) is 9.84 Å². The Morgan fingerprint density at radius 2 is 1.90 bits per heavy atom. The van der Waals surface area contributed by atoms with Crippen molar-refractivity contribution < 1.29 is 23.1 Å². The van der Waals surface area contributed by atoms with Crippen LogP contribution in [-0.2, 0) is 19.4 Å². The van der Waals surface area contributed by atoms with E-state index in [1.165, 1.54) is 0 Å². The number of carboxylic acids is 1. The summed E-state index contributed by atoms with van der Waals surface area (Å²) in [6, 6.07) is 0. The van der Waals surface area contributed by atoms with Crippen LogP contribution in [0.5, 0.6) is 0 Å². The van der Waals surface area contributed by atoms with Gasteiger partial charge in [-0.3, -0.25) is 9.59 Å². The Hall–Kier alpha value is -1.11. The van der Waals surface area contributed by atoms with Crippen LogP contribution in [0, 0.1) is 5.41 Å². The first-order valence-electron chi connectivity index (χ1n) is 7.06. The van der Waals surface area contributed by atoms with Crippen molar-refractivity contribution in [3.8, 4) is 0 Å². The largest absolute Gasteiger partial charge is 0.481 e. The van der Waals surface area contributed by atoms with Crippen LogP contribution in [0.3, 0.4) is 0 Å². The number of nitrogens with one attached hydrogen (secondary N) is 1. The fraction of sp³-hybridized carbons (Fsp3) is 0.846. The Balaban J connectivity index is 1.93. The summed E-state index contributed by atoms with van der Waals surface area (Å²) >= 11 is 0. The van der Waals surface area contributed by atoms with E-state index >= 15 is 0 Å². The monoisotopic (exact) mass is 303 g/mol. The van der Waals surface area contributed by atoms with Gasteiger partial charge in [-0.05, 0) is 31.1 Å². The maximum atomic E-state index is 12.0. The minimum absolute atomic E-state index is 0.0324. The normalized spacial score (nSPS) is 27.3. The van der Waals surface area contributed by atoms with Crippen molar-refractivity contribution in [1.29, 1.82) is 0 Å². The second kappa shape index (κ2) is 5.71. The Morgan fingerprint density at radius 1 is 1.20 bits per heavy atom. The first-order valence-corrected chi connectivity index (χ1v) is 8.77. The van der Waals surface area contributed by atoms with Gasteiger partial charge in [-0.25, -0.2) is 8.42 Å². The SMILES string of the molecule is O=C(O)CC1(CNC(=O)C2CCCCS2(=O)=O)CCC1. The molecule has 1 atom stereocenters. The minimum atomic E-state index is -3.33. The second-order valence-corrected chi connectivity index (χ2v) is 8.30. The number of carbonyl (C=O) groups excluding carboxylic acids is 1. The van der Waals surface area contributed by atoms with E-state index in [0.29, 0.717) is 12.8 Å². The molecule has 1 aliphatic carbocycles. The van der Waals surface area contributed by atoms with Gasteiger partial charge < -0.3 is 10.4 Å². The van der Waals surface area contributed by atoms with Crippen molar-refractivity contribution in [1.82, 2.24) is 5.32 Å². The summed E-state index contributed by atoms with van der Waals surface area (Å²) in [6.07, 6.45) is 4.29. The van der Waals surface area contributed by atoms with E-state index < -0.39 is 27.0 Å². The number of rotatable bonds is 5. The van der Waals surface area contributed by atoms with Crippen LogP contribution in [0.2, 0.25) is 0 Å². The molecule has 114 valence electrons. The minimum Gasteiger partial charge on any atom is -0.481 e. The number of amides is 1. The Labute approximate surface area is 118 Å². The van der Waals surface area contributed by atoms with Crippen LogP contribution in [0.4, 0.5) is 0 Å². The molecule has 20 heavy (non-hydrogen) atoms. The molecule has 0 aromatic carbocycles. The lowest BCUT2D eigenvalue weighted by Crippen LogP contribution is -2.49. The summed E-state index contributed by atoms with van der Waals surface area (Å²) < 4.78 is 23.7. The lowest BCUT2D eigenvalue weighted by Gasteiger charge is -2.41. The molecule has 2 N–H and O–H groups in total. The van der Waals surface area contributed by atoms with Gasteiger partial charge in [0.1, 0.15) is 5.25 Å². The molecular formula is C13H21NO5S. The molecule has 1 amide bonds. The highest BCUT2D eigenvalue weighted by Crippen LogP contribution is 2.43. The molecule has 1 saturated heterocycles. The summed E-state index contributed by atoms with van der Waals surface area (Å²) in [6.45, 7) is 0.268. The zero-order valence-corrected chi connectivity index (χ0v) is 12.2. The van der Waals surface area contributed by atoms with Gasteiger partial charge in [0.25, 0.3) is 0 Å². The van der Waals surface area contributed by atoms with Crippen molar-refractivity contribution in [3.05, 3.63) is 0 Å². The van der Waals surface area contributed by atoms with Gasteiger partial charge in [0.05, 0.1) is 12.2 Å². The molecule has 0 bridgehead atoms. The molecule has 1 saturated carbocycles. The van der Waals surface area contributed by atoms with Crippen molar-refractivity contribution in [2.75, 3.05) is 12.3 Å². The van der Waals surface area contributed by atoms with Crippen LogP contribution in [-0.4, -0.2) is 42.9 Å². The molecule has 2 rings (SSSR count). The Bertz CT molecular complexity index is 495. The molecule has 2 aliphatic rings. The summed E-state index contributed by atoms with van der Waals surface area (Å²) in [4.78, 5) is 22.9. The number of hydrogen-bond donors (Lipinski definition) is 2. The zero-order chi connectivity index (χ0) is 14.8. The van der Waals surface area contributed by atoms with E-state index in [1.807, 2.05) is 0 Å². The van der Waals surface area contributed by atoms with E-state index in [1.54, 1.807) is 0 Å². The fourth-order valence-corrected chi connectivity index (χ4v) is 4.88. The molecule has 0 aromatic heterocycles. The summed E-state index contributed by atoms with van der Waals surface area (Å²) in [7, 11) is -3.33. The van der Waals surface area contributed by atoms with Crippen molar-refractivity contribution in [2.45, 2.75) is 50.2 Å². The molecular weight excluding hydrogens is 282 g/mol. The standard InChI is InChI=1S/C13H21NO5S/c15-11(16)8-13(5-3-6-13)9-14-12(17)10-4-1-2-7-20(10,18)19/h10H,1-9H2,(H,14,17)(H,15,16). The van der Waals surface area contributed by atoms with E-state index in [-0.39, 0.29) is 24.1 Å². The molecule has 1 unspecified atom stereocenters. The zero-order valence-electron chi connectivity index (χ0n) is 11.4. The lowest BCUT2D eigenvalue weighted by atomic mass is 9.66. The number of sulfone groups is 1. The molecule has 1 heterocycles. The third-order valence-electron chi connectivity index (χ3n) is 4.45. The lowest BCUT2D eigenvalue weighted by molar-refractivity contribution is -0.141. The predicted molar refractivity (Wildman–Crippen MR) is 73.0 cm³/mol. The molecule has 0 aromatic rings. The van der Waals surface area contributed by atoms with Gasteiger partial charge in [0.2, 0.25) is 5.91 Å². The van der Waals surface area contributed by atoms with E-state index in [4.69, 9.17) is 5.11 Å². The van der Waals surface area contributed by atoms with Gasteiger partial charge in [0, 0.05) is 6.54 Å². The van der Waals surface area contributed by atoms with Crippen LogP contribution in [0.25, 0.3) is 0 Å². The van der Waals surface area contributed by atoms with Crippen molar-refractivity contribution in [3.63, 3.8) is 0 Å². The first-order chi connectivity index (χ1) is 9.35.